The van der Waals surface area contributed by atoms with E-state index in [9.17, 15) is 4.79 Å². The summed E-state index contributed by atoms with van der Waals surface area (Å²) in [5.41, 5.74) is 3.59. The first-order valence-electron chi connectivity index (χ1n) is 7.74. The van der Waals surface area contributed by atoms with Crippen LogP contribution in [0.2, 0.25) is 0 Å². The van der Waals surface area contributed by atoms with Crippen molar-refractivity contribution in [1.29, 1.82) is 5.26 Å². The maximum Gasteiger partial charge on any atom is 0.264 e. The molecule has 5 heteroatoms. The quantitative estimate of drug-likeness (QED) is 0.562. The van der Waals surface area contributed by atoms with E-state index in [1.54, 1.807) is 35.9 Å². The lowest BCUT2D eigenvalue weighted by molar-refractivity contribution is 0.459. The van der Waals surface area contributed by atoms with Gasteiger partial charge in [-0.25, -0.2) is 0 Å². The molecule has 0 N–H and O–H groups in total. The molecule has 0 amide bonds. The van der Waals surface area contributed by atoms with Crippen molar-refractivity contribution in [2.24, 2.45) is 7.05 Å². The molecule has 0 atom stereocenters. The summed E-state index contributed by atoms with van der Waals surface area (Å²) in [6, 6.07) is 20.5. The fourth-order valence-corrected chi connectivity index (χ4v) is 2.92. The lowest BCUT2D eigenvalue weighted by Crippen LogP contribution is -2.18. The van der Waals surface area contributed by atoms with Crippen molar-refractivity contribution in [3.63, 3.8) is 0 Å². The molecule has 0 aliphatic heterocycles. The van der Waals surface area contributed by atoms with Crippen molar-refractivity contribution in [1.82, 2.24) is 9.72 Å². The Morgan fingerprint density at radius 1 is 1.04 bits per heavy atom. The van der Waals surface area contributed by atoms with Gasteiger partial charge in [0.1, 0.15) is 11.1 Å². The van der Waals surface area contributed by atoms with E-state index < -0.39 is 0 Å². The van der Waals surface area contributed by atoms with Crippen LogP contribution < -0.4 is 5.56 Å². The lowest BCUT2D eigenvalue weighted by Gasteiger charge is -2.08. The third-order valence-corrected chi connectivity index (χ3v) is 4.20. The molecule has 0 fully saturated rings. The van der Waals surface area contributed by atoms with E-state index in [1.807, 2.05) is 36.4 Å². The predicted octanol–water partition coefficient (Wildman–Crippen LogP) is 3.73. The number of fused-ring (bicyclic) bond motifs is 1. The van der Waals surface area contributed by atoms with Gasteiger partial charge in [0.25, 0.3) is 5.56 Å². The number of rotatable bonds is 2. The van der Waals surface area contributed by atoms with E-state index in [2.05, 4.69) is 11.2 Å². The van der Waals surface area contributed by atoms with Gasteiger partial charge in [0.05, 0.1) is 17.3 Å². The number of pyridine rings is 1. The molecular weight excluding hydrogens is 314 g/mol. The van der Waals surface area contributed by atoms with E-state index in [1.165, 1.54) is 0 Å². The SMILES string of the molecule is Cn1c(-c2cccc(C#N)c2)cc2onc(-c3ccccc3)c2c1=O. The van der Waals surface area contributed by atoms with Crippen molar-refractivity contribution in [3.8, 4) is 28.6 Å². The molecule has 5 nitrogen and oxygen atoms in total. The zero-order valence-corrected chi connectivity index (χ0v) is 13.4. The average molecular weight is 327 g/mol. The van der Waals surface area contributed by atoms with Gasteiger partial charge in [-0.3, -0.25) is 4.79 Å². The summed E-state index contributed by atoms with van der Waals surface area (Å²) in [7, 11) is 1.71. The van der Waals surface area contributed by atoms with E-state index >= 15 is 0 Å². The van der Waals surface area contributed by atoms with Gasteiger partial charge in [0.2, 0.25) is 0 Å². The van der Waals surface area contributed by atoms with Crippen LogP contribution in [0.5, 0.6) is 0 Å². The van der Waals surface area contributed by atoms with Crippen molar-refractivity contribution < 1.29 is 4.52 Å². The minimum atomic E-state index is -0.185. The molecule has 0 bridgehead atoms. The smallest absolute Gasteiger partial charge is 0.264 e. The first kappa shape index (κ1) is 14.9. The summed E-state index contributed by atoms with van der Waals surface area (Å²) in [6.45, 7) is 0. The van der Waals surface area contributed by atoms with E-state index in [0.717, 1.165) is 11.1 Å². The Balaban J connectivity index is 1.98. The van der Waals surface area contributed by atoms with Gasteiger partial charge in [0.15, 0.2) is 5.58 Å². The zero-order chi connectivity index (χ0) is 17.4. The second-order valence-corrected chi connectivity index (χ2v) is 5.72. The van der Waals surface area contributed by atoms with Gasteiger partial charge < -0.3 is 9.09 Å². The van der Waals surface area contributed by atoms with Crippen molar-refractivity contribution in [2.75, 3.05) is 0 Å². The maximum atomic E-state index is 12.9. The van der Waals surface area contributed by atoms with Gasteiger partial charge in [-0.1, -0.05) is 47.6 Å². The molecule has 4 aromatic rings. The highest BCUT2D eigenvalue weighted by Gasteiger charge is 2.18. The van der Waals surface area contributed by atoms with Crippen LogP contribution in [-0.4, -0.2) is 9.72 Å². The van der Waals surface area contributed by atoms with E-state index in [0.29, 0.717) is 27.9 Å². The third kappa shape index (κ3) is 2.41. The number of hydrogen-bond acceptors (Lipinski definition) is 4. The molecular formula is C20H13N3O2. The Kier molecular flexibility index (Phi) is 3.44. The fraction of sp³-hybridized carbons (Fsp3) is 0.0500. The lowest BCUT2D eigenvalue weighted by atomic mass is 10.1. The highest BCUT2D eigenvalue weighted by Crippen LogP contribution is 2.28. The number of benzene rings is 2. The van der Waals surface area contributed by atoms with Gasteiger partial charge in [-0.15, -0.1) is 0 Å². The van der Waals surface area contributed by atoms with Crippen molar-refractivity contribution in [2.45, 2.75) is 0 Å². The molecule has 25 heavy (non-hydrogen) atoms. The largest absolute Gasteiger partial charge is 0.355 e. The molecule has 0 radical (unpaired) electrons. The molecule has 0 spiro atoms. The van der Waals surface area contributed by atoms with Crippen molar-refractivity contribution in [3.05, 3.63) is 76.6 Å². The Morgan fingerprint density at radius 3 is 2.56 bits per heavy atom. The van der Waals surface area contributed by atoms with Crippen LogP contribution in [0.3, 0.4) is 0 Å². The molecule has 2 aromatic heterocycles. The first-order chi connectivity index (χ1) is 12.2. The summed E-state index contributed by atoms with van der Waals surface area (Å²) >= 11 is 0. The second kappa shape index (κ2) is 5.77. The Bertz CT molecular complexity index is 1180. The highest BCUT2D eigenvalue weighted by atomic mass is 16.5. The van der Waals surface area contributed by atoms with Gasteiger partial charge in [-0.05, 0) is 17.7 Å². The molecule has 0 aliphatic carbocycles. The second-order valence-electron chi connectivity index (χ2n) is 5.72. The summed E-state index contributed by atoms with van der Waals surface area (Å²) in [6.07, 6.45) is 0. The normalized spacial score (nSPS) is 10.7. The molecule has 0 unspecified atom stereocenters. The summed E-state index contributed by atoms with van der Waals surface area (Å²) in [5, 5.41) is 13.6. The van der Waals surface area contributed by atoms with Crippen LogP contribution in [-0.2, 0) is 7.05 Å². The molecule has 4 rings (SSSR count). The number of nitrogens with zero attached hydrogens (tertiary/aromatic N) is 3. The Morgan fingerprint density at radius 2 is 1.80 bits per heavy atom. The van der Waals surface area contributed by atoms with Crippen LogP contribution in [0.4, 0.5) is 0 Å². The summed E-state index contributed by atoms with van der Waals surface area (Å²) in [4.78, 5) is 12.9. The monoisotopic (exact) mass is 327 g/mol. The first-order valence-corrected chi connectivity index (χ1v) is 7.74. The van der Waals surface area contributed by atoms with Crippen LogP contribution in [0.15, 0.2) is 70.0 Å². The fourth-order valence-electron chi connectivity index (χ4n) is 2.92. The topological polar surface area (TPSA) is 71.8 Å². The zero-order valence-electron chi connectivity index (χ0n) is 13.4. The van der Waals surface area contributed by atoms with E-state index in [4.69, 9.17) is 9.78 Å². The number of aromatic nitrogens is 2. The minimum absolute atomic E-state index is 0.185. The van der Waals surface area contributed by atoms with Crippen LogP contribution >= 0.6 is 0 Å². The standard InChI is InChI=1S/C20H13N3O2/c1-23-16(15-9-5-6-13(10-15)12-21)11-17-18(20(23)24)19(22-25-17)14-7-3-2-4-8-14/h2-11H,1H3. The number of nitriles is 1. The van der Waals surface area contributed by atoms with Crippen LogP contribution in [0.25, 0.3) is 33.5 Å². The minimum Gasteiger partial charge on any atom is -0.355 e. The summed E-state index contributed by atoms with van der Waals surface area (Å²) in [5.74, 6) is 0. The van der Waals surface area contributed by atoms with Gasteiger partial charge >= 0.3 is 0 Å². The van der Waals surface area contributed by atoms with Crippen molar-refractivity contribution >= 4 is 11.0 Å². The predicted molar refractivity (Wildman–Crippen MR) is 94.8 cm³/mol. The molecule has 0 saturated heterocycles. The van der Waals surface area contributed by atoms with Gasteiger partial charge in [-0.2, -0.15) is 5.26 Å². The van der Waals surface area contributed by atoms with Crippen LogP contribution in [0.1, 0.15) is 5.56 Å². The Labute approximate surface area is 143 Å². The van der Waals surface area contributed by atoms with Crippen LogP contribution in [0, 0.1) is 11.3 Å². The Hall–Kier alpha value is -3.65. The summed E-state index contributed by atoms with van der Waals surface area (Å²) < 4.78 is 6.99. The molecule has 2 aromatic carbocycles. The average Bonchev–Trinajstić information content (AvgIpc) is 3.09. The van der Waals surface area contributed by atoms with Gasteiger partial charge in [0, 0.05) is 18.7 Å². The number of hydrogen-bond donors (Lipinski definition) is 0. The highest BCUT2D eigenvalue weighted by molar-refractivity contribution is 5.92. The molecule has 0 aliphatic rings. The maximum absolute atomic E-state index is 12.9. The molecule has 120 valence electrons. The van der Waals surface area contributed by atoms with E-state index in [-0.39, 0.29) is 5.56 Å². The molecule has 0 saturated carbocycles. The third-order valence-electron chi connectivity index (χ3n) is 4.20. The molecule has 2 heterocycles.